The van der Waals surface area contributed by atoms with Crippen LogP contribution in [-0.4, -0.2) is 18.9 Å². The lowest BCUT2D eigenvalue weighted by Gasteiger charge is -2.01. The minimum absolute atomic E-state index is 0.195. The minimum Gasteiger partial charge on any atom is -0.497 e. The maximum atomic E-state index is 12.1. The lowest BCUT2D eigenvalue weighted by Crippen LogP contribution is -2.24. The number of methoxy groups -OCH3 is 1. The second kappa shape index (κ2) is 5.85. The monoisotopic (exact) mass is 292 g/mol. The van der Waals surface area contributed by atoms with Gasteiger partial charge in [-0.2, -0.15) is 0 Å². The van der Waals surface area contributed by atoms with Crippen LogP contribution in [0.2, 0.25) is 0 Å². The number of rotatable bonds is 3. The van der Waals surface area contributed by atoms with E-state index >= 15 is 0 Å². The van der Waals surface area contributed by atoms with E-state index in [-0.39, 0.29) is 5.91 Å². The molecule has 0 atom stereocenters. The zero-order chi connectivity index (χ0) is 15.5. The Labute approximate surface area is 129 Å². The molecule has 0 radical (unpaired) electrons. The van der Waals surface area contributed by atoms with Gasteiger partial charge < -0.3 is 10.1 Å². The summed E-state index contributed by atoms with van der Waals surface area (Å²) in [5.41, 5.74) is 3.30. The van der Waals surface area contributed by atoms with E-state index < -0.39 is 0 Å². The molecule has 0 aliphatic carbocycles. The topological polar surface area (TPSA) is 50.7 Å². The Kier molecular flexibility index (Phi) is 3.74. The standard InChI is InChI=1S/C18H16N2O2/c1-12-5-3-7-14(9-12)17-19-16(18(21)20-17)11-13-6-4-8-15(10-13)22-2/h3-11H,1-2H3,(H,19,20,21)/b16-11+. The number of amidine groups is 1. The van der Waals surface area contributed by atoms with Gasteiger partial charge in [-0.05, 0) is 36.8 Å². The first-order chi connectivity index (χ1) is 10.7. The molecule has 0 fully saturated rings. The van der Waals surface area contributed by atoms with E-state index in [2.05, 4.69) is 10.3 Å². The molecule has 4 nitrogen and oxygen atoms in total. The number of carbonyl (C=O) groups is 1. The Morgan fingerprint density at radius 2 is 1.95 bits per heavy atom. The second-order valence-electron chi connectivity index (χ2n) is 5.09. The van der Waals surface area contributed by atoms with Gasteiger partial charge in [0.15, 0.2) is 0 Å². The second-order valence-corrected chi connectivity index (χ2v) is 5.09. The van der Waals surface area contributed by atoms with Gasteiger partial charge in [0.25, 0.3) is 5.91 Å². The van der Waals surface area contributed by atoms with Crippen LogP contribution in [0.1, 0.15) is 16.7 Å². The molecular formula is C18H16N2O2. The summed E-state index contributed by atoms with van der Waals surface area (Å²) in [5, 5.41) is 2.81. The molecule has 1 N–H and O–H groups in total. The first-order valence-electron chi connectivity index (χ1n) is 6.98. The summed E-state index contributed by atoms with van der Waals surface area (Å²) in [6.07, 6.45) is 1.75. The summed E-state index contributed by atoms with van der Waals surface area (Å²) in [4.78, 5) is 16.5. The van der Waals surface area contributed by atoms with Crippen LogP contribution in [0, 0.1) is 6.92 Å². The first-order valence-corrected chi connectivity index (χ1v) is 6.98. The molecule has 3 rings (SSSR count). The Balaban J connectivity index is 1.94. The molecule has 1 heterocycles. The quantitative estimate of drug-likeness (QED) is 0.884. The Morgan fingerprint density at radius 1 is 1.14 bits per heavy atom. The van der Waals surface area contributed by atoms with Crippen molar-refractivity contribution in [1.82, 2.24) is 5.32 Å². The van der Waals surface area contributed by atoms with Gasteiger partial charge in [-0.1, -0.05) is 35.9 Å². The lowest BCUT2D eigenvalue weighted by atomic mass is 10.1. The largest absolute Gasteiger partial charge is 0.497 e. The molecule has 2 aromatic rings. The van der Waals surface area contributed by atoms with Crippen molar-refractivity contribution < 1.29 is 9.53 Å². The van der Waals surface area contributed by atoms with E-state index in [0.717, 1.165) is 22.4 Å². The molecule has 110 valence electrons. The van der Waals surface area contributed by atoms with Gasteiger partial charge >= 0.3 is 0 Å². The number of ether oxygens (including phenoxy) is 1. The molecule has 22 heavy (non-hydrogen) atoms. The Hall–Kier alpha value is -2.88. The normalized spacial score (nSPS) is 15.6. The minimum atomic E-state index is -0.195. The molecule has 0 spiro atoms. The number of aliphatic imine (C=N–C) groups is 1. The van der Waals surface area contributed by atoms with E-state index in [4.69, 9.17) is 4.74 Å². The maximum absolute atomic E-state index is 12.1. The fourth-order valence-electron chi connectivity index (χ4n) is 2.29. The van der Waals surface area contributed by atoms with Crippen LogP contribution >= 0.6 is 0 Å². The highest BCUT2D eigenvalue weighted by Crippen LogP contribution is 2.18. The first kappa shape index (κ1) is 14.1. The molecule has 0 unspecified atom stereocenters. The predicted molar refractivity (Wildman–Crippen MR) is 86.8 cm³/mol. The van der Waals surface area contributed by atoms with Gasteiger partial charge in [0.1, 0.15) is 17.3 Å². The third-order valence-electron chi connectivity index (χ3n) is 3.39. The summed E-state index contributed by atoms with van der Waals surface area (Å²) < 4.78 is 5.18. The highest BCUT2D eigenvalue weighted by atomic mass is 16.5. The Bertz CT molecular complexity index is 791. The number of hydrogen-bond donors (Lipinski definition) is 1. The van der Waals surface area contributed by atoms with Crippen LogP contribution in [-0.2, 0) is 4.79 Å². The van der Waals surface area contributed by atoms with E-state index in [1.54, 1.807) is 13.2 Å². The zero-order valence-electron chi connectivity index (χ0n) is 12.5. The fraction of sp³-hybridized carbons (Fsp3) is 0.111. The van der Waals surface area contributed by atoms with Crippen molar-refractivity contribution in [2.45, 2.75) is 6.92 Å². The van der Waals surface area contributed by atoms with Gasteiger partial charge in [0.05, 0.1) is 7.11 Å². The molecule has 2 aromatic carbocycles. The summed E-state index contributed by atoms with van der Waals surface area (Å²) in [6, 6.07) is 15.4. The van der Waals surface area contributed by atoms with Crippen molar-refractivity contribution in [2.24, 2.45) is 4.99 Å². The van der Waals surface area contributed by atoms with Crippen LogP contribution < -0.4 is 10.1 Å². The van der Waals surface area contributed by atoms with Crippen LogP contribution in [0.5, 0.6) is 5.75 Å². The highest BCUT2D eigenvalue weighted by molar-refractivity contribution is 6.19. The maximum Gasteiger partial charge on any atom is 0.275 e. The summed E-state index contributed by atoms with van der Waals surface area (Å²) in [6.45, 7) is 2.01. The number of aryl methyl sites for hydroxylation is 1. The van der Waals surface area contributed by atoms with Crippen molar-refractivity contribution >= 4 is 17.8 Å². The molecule has 0 aromatic heterocycles. The third kappa shape index (κ3) is 2.91. The highest BCUT2D eigenvalue weighted by Gasteiger charge is 2.21. The number of nitrogens with one attached hydrogen (secondary N) is 1. The molecule has 1 aliphatic rings. The van der Waals surface area contributed by atoms with Crippen molar-refractivity contribution in [1.29, 1.82) is 0 Å². The van der Waals surface area contributed by atoms with Gasteiger partial charge in [-0.3, -0.25) is 4.79 Å². The average Bonchev–Trinajstić information content (AvgIpc) is 2.89. The van der Waals surface area contributed by atoms with Gasteiger partial charge in [-0.25, -0.2) is 4.99 Å². The molecule has 4 heteroatoms. The summed E-state index contributed by atoms with van der Waals surface area (Å²) in [7, 11) is 1.61. The van der Waals surface area contributed by atoms with Crippen molar-refractivity contribution in [3.8, 4) is 5.75 Å². The van der Waals surface area contributed by atoms with Crippen LogP contribution in [0.25, 0.3) is 6.08 Å². The summed E-state index contributed by atoms with van der Waals surface area (Å²) >= 11 is 0. The molecule has 0 bridgehead atoms. The Morgan fingerprint density at radius 3 is 2.73 bits per heavy atom. The number of hydrogen-bond acceptors (Lipinski definition) is 3. The van der Waals surface area contributed by atoms with Crippen molar-refractivity contribution in [3.05, 3.63) is 70.9 Å². The number of amides is 1. The van der Waals surface area contributed by atoms with Crippen molar-refractivity contribution in [2.75, 3.05) is 7.11 Å². The molecular weight excluding hydrogens is 276 g/mol. The fourth-order valence-corrected chi connectivity index (χ4v) is 2.29. The average molecular weight is 292 g/mol. The molecule has 0 saturated heterocycles. The lowest BCUT2D eigenvalue weighted by molar-refractivity contribution is -0.115. The van der Waals surface area contributed by atoms with E-state index in [1.807, 2.05) is 55.5 Å². The SMILES string of the molecule is COc1cccc(/C=C2/N=C(c3cccc(C)c3)NC2=O)c1. The van der Waals surface area contributed by atoms with E-state index in [1.165, 1.54) is 0 Å². The zero-order valence-corrected chi connectivity index (χ0v) is 12.5. The van der Waals surface area contributed by atoms with Crippen LogP contribution in [0.3, 0.4) is 0 Å². The van der Waals surface area contributed by atoms with Crippen LogP contribution in [0.4, 0.5) is 0 Å². The number of nitrogens with zero attached hydrogens (tertiary/aromatic N) is 1. The van der Waals surface area contributed by atoms with Crippen molar-refractivity contribution in [3.63, 3.8) is 0 Å². The van der Waals surface area contributed by atoms with Gasteiger partial charge in [0, 0.05) is 5.56 Å². The number of carbonyl (C=O) groups excluding carboxylic acids is 1. The predicted octanol–water partition coefficient (Wildman–Crippen LogP) is 2.92. The van der Waals surface area contributed by atoms with E-state index in [0.29, 0.717) is 11.5 Å². The molecule has 1 aliphatic heterocycles. The third-order valence-corrected chi connectivity index (χ3v) is 3.39. The number of benzene rings is 2. The van der Waals surface area contributed by atoms with E-state index in [9.17, 15) is 4.79 Å². The van der Waals surface area contributed by atoms with Gasteiger partial charge in [0.2, 0.25) is 0 Å². The molecule has 0 saturated carbocycles. The molecule has 1 amide bonds. The van der Waals surface area contributed by atoms with Gasteiger partial charge in [-0.15, -0.1) is 0 Å². The smallest absolute Gasteiger partial charge is 0.275 e. The van der Waals surface area contributed by atoms with Crippen LogP contribution in [0.15, 0.2) is 59.2 Å². The summed E-state index contributed by atoms with van der Waals surface area (Å²) in [5.74, 6) is 1.14.